The van der Waals surface area contributed by atoms with E-state index < -0.39 is 0 Å². The third-order valence-electron chi connectivity index (χ3n) is 3.03. The summed E-state index contributed by atoms with van der Waals surface area (Å²) in [7, 11) is 0. The average molecular weight is 276 g/mol. The van der Waals surface area contributed by atoms with Gasteiger partial charge in [0.05, 0.1) is 16.9 Å². The number of nitrogens with two attached hydrogens (primary N) is 1. The van der Waals surface area contributed by atoms with Gasteiger partial charge >= 0.3 is 0 Å². The third-order valence-corrected chi connectivity index (χ3v) is 3.24. The number of halogens is 1. The molecule has 6 heteroatoms. The number of nitrogen functional groups attached to an aromatic ring is 1. The number of aromatic amines is 1. The van der Waals surface area contributed by atoms with Gasteiger partial charge in [-0.2, -0.15) is 5.10 Å². The molecule has 1 aromatic carbocycles. The Kier molecular flexibility index (Phi) is 2.71. The number of H-pyrrole nitrogens is 1. The van der Waals surface area contributed by atoms with Gasteiger partial charge in [0.15, 0.2) is 5.82 Å². The average Bonchev–Trinajstić information content (AvgIpc) is 2.91. The van der Waals surface area contributed by atoms with Crippen molar-refractivity contribution in [3.63, 3.8) is 0 Å². The van der Waals surface area contributed by atoms with E-state index in [2.05, 4.69) is 15.1 Å². The lowest BCUT2D eigenvalue weighted by Gasteiger charge is -1.99. The maximum atomic E-state index is 6.00. The molecule has 3 aromatic rings. The van der Waals surface area contributed by atoms with Crippen molar-refractivity contribution in [3.05, 3.63) is 28.9 Å². The molecular formula is C13H14ClN5. The molecule has 2 aromatic heterocycles. The van der Waals surface area contributed by atoms with E-state index in [0.29, 0.717) is 10.7 Å². The normalized spacial score (nSPS) is 11.3. The monoisotopic (exact) mass is 275 g/mol. The molecule has 98 valence electrons. The Morgan fingerprint density at radius 2 is 2.16 bits per heavy atom. The van der Waals surface area contributed by atoms with Crippen molar-refractivity contribution >= 4 is 28.3 Å². The van der Waals surface area contributed by atoms with Crippen molar-refractivity contribution in [1.29, 1.82) is 0 Å². The third kappa shape index (κ3) is 1.96. The lowest BCUT2D eigenvalue weighted by Crippen LogP contribution is -1.99. The molecule has 0 spiro atoms. The van der Waals surface area contributed by atoms with E-state index in [1.165, 1.54) is 0 Å². The first-order valence-electron chi connectivity index (χ1n) is 6.08. The summed E-state index contributed by atoms with van der Waals surface area (Å²) in [6, 6.07) is 5.53. The number of nitrogens with zero attached hydrogens (tertiary/aromatic N) is 3. The van der Waals surface area contributed by atoms with Crippen molar-refractivity contribution in [2.24, 2.45) is 0 Å². The van der Waals surface area contributed by atoms with Gasteiger partial charge < -0.3 is 10.7 Å². The van der Waals surface area contributed by atoms with Crippen LogP contribution < -0.4 is 5.73 Å². The van der Waals surface area contributed by atoms with E-state index in [1.54, 1.807) is 6.07 Å². The summed E-state index contributed by atoms with van der Waals surface area (Å²) in [4.78, 5) is 7.79. The maximum Gasteiger partial charge on any atom is 0.156 e. The molecule has 0 unspecified atom stereocenters. The van der Waals surface area contributed by atoms with Gasteiger partial charge in [0.2, 0.25) is 0 Å². The first-order chi connectivity index (χ1) is 9.08. The van der Waals surface area contributed by atoms with Crippen LogP contribution in [0.1, 0.15) is 12.6 Å². The molecule has 0 radical (unpaired) electrons. The summed E-state index contributed by atoms with van der Waals surface area (Å²) in [5.41, 5.74) is 9.99. The van der Waals surface area contributed by atoms with Crippen LogP contribution in [0, 0.1) is 6.92 Å². The predicted molar refractivity (Wildman–Crippen MR) is 77.1 cm³/mol. The zero-order chi connectivity index (χ0) is 13.6. The number of fused-ring (bicyclic) bond motifs is 1. The Morgan fingerprint density at radius 3 is 2.89 bits per heavy atom. The fraction of sp³-hybridized carbons (Fsp3) is 0.231. The van der Waals surface area contributed by atoms with Gasteiger partial charge in [-0.3, -0.25) is 4.68 Å². The largest absolute Gasteiger partial charge is 0.397 e. The SMILES string of the molecule is CCn1nc(C)cc1-c1nc2c(N)cc(Cl)cc2[nH]1. The summed E-state index contributed by atoms with van der Waals surface area (Å²) < 4.78 is 1.91. The minimum atomic E-state index is 0.573. The van der Waals surface area contributed by atoms with E-state index in [9.17, 15) is 0 Å². The molecule has 0 bridgehead atoms. The smallest absolute Gasteiger partial charge is 0.156 e. The number of hydrogen-bond acceptors (Lipinski definition) is 3. The van der Waals surface area contributed by atoms with Gasteiger partial charge in [-0.1, -0.05) is 11.6 Å². The summed E-state index contributed by atoms with van der Waals surface area (Å²) in [5.74, 6) is 0.756. The number of anilines is 1. The van der Waals surface area contributed by atoms with Crippen LogP contribution in [-0.2, 0) is 6.54 Å². The number of nitrogens with one attached hydrogen (secondary N) is 1. The number of aromatic nitrogens is 4. The fourth-order valence-corrected chi connectivity index (χ4v) is 2.43. The molecule has 0 aliphatic rings. The molecule has 0 atom stereocenters. The number of benzene rings is 1. The van der Waals surface area contributed by atoms with Gasteiger partial charge in [0.1, 0.15) is 11.2 Å². The fourth-order valence-electron chi connectivity index (χ4n) is 2.21. The molecule has 3 N–H and O–H groups in total. The van der Waals surface area contributed by atoms with Gasteiger partial charge in [0, 0.05) is 11.6 Å². The van der Waals surface area contributed by atoms with E-state index in [-0.39, 0.29) is 0 Å². The van der Waals surface area contributed by atoms with Crippen molar-refractivity contribution in [2.75, 3.05) is 5.73 Å². The van der Waals surface area contributed by atoms with Crippen LogP contribution >= 0.6 is 11.6 Å². The maximum absolute atomic E-state index is 6.00. The lowest BCUT2D eigenvalue weighted by molar-refractivity contribution is 0.658. The Morgan fingerprint density at radius 1 is 1.37 bits per heavy atom. The minimum Gasteiger partial charge on any atom is -0.397 e. The van der Waals surface area contributed by atoms with Crippen molar-refractivity contribution in [2.45, 2.75) is 20.4 Å². The standard InChI is InChI=1S/C13H14ClN5/c1-3-19-11(4-7(2)18-19)13-16-10-6-8(14)5-9(15)12(10)17-13/h4-6H,3,15H2,1-2H3,(H,16,17). The second-order valence-corrected chi connectivity index (χ2v) is 4.90. The first-order valence-corrected chi connectivity index (χ1v) is 6.46. The molecule has 5 nitrogen and oxygen atoms in total. The van der Waals surface area contributed by atoms with Crippen molar-refractivity contribution in [1.82, 2.24) is 19.7 Å². The molecular weight excluding hydrogens is 262 g/mol. The number of imidazole rings is 1. The van der Waals surface area contributed by atoms with Gasteiger partial charge in [-0.25, -0.2) is 4.98 Å². The van der Waals surface area contributed by atoms with Gasteiger partial charge in [0.25, 0.3) is 0 Å². The van der Waals surface area contributed by atoms with Gasteiger partial charge in [-0.05, 0) is 32.0 Å². The second-order valence-electron chi connectivity index (χ2n) is 4.46. The molecule has 0 saturated heterocycles. The number of hydrogen-bond donors (Lipinski definition) is 2. The molecule has 19 heavy (non-hydrogen) atoms. The van der Waals surface area contributed by atoms with Gasteiger partial charge in [-0.15, -0.1) is 0 Å². The Hall–Kier alpha value is -2.01. The molecule has 0 aliphatic heterocycles. The molecule has 0 fully saturated rings. The van der Waals surface area contributed by atoms with Crippen LogP contribution in [-0.4, -0.2) is 19.7 Å². The van der Waals surface area contributed by atoms with Crippen molar-refractivity contribution < 1.29 is 0 Å². The predicted octanol–water partition coefficient (Wildman–Crippen LogP) is 2.99. The Balaban J connectivity index is 2.23. The quantitative estimate of drug-likeness (QED) is 0.706. The van der Waals surface area contributed by atoms with E-state index in [1.807, 2.05) is 30.7 Å². The molecule has 0 aliphatic carbocycles. The summed E-state index contributed by atoms with van der Waals surface area (Å²) in [6.45, 7) is 4.80. The van der Waals surface area contributed by atoms with Crippen LogP contribution in [0.25, 0.3) is 22.6 Å². The van der Waals surface area contributed by atoms with E-state index in [0.717, 1.165) is 34.8 Å². The van der Waals surface area contributed by atoms with Crippen LogP contribution in [0.5, 0.6) is 0 Å². The van der Waals surface area contributed by atoms with Crippen LogP contribution in [0.3, 0.4) is 0 Å². The summed E-state index contributed by atoms with van der Waals surface area (Å²) in [5, 5.41) is 5.01. The highest BCUT2D eigenvalue weighted by molar-refractivity contribution is 6.31. The molecule has 2 heterocycles. The van der Waals surface area contributed by atoms with Crippen molar-refractivity contribution in [3.8, 4) is 11.5 Å². The van der Waals surface area contributed by atoms with Crippen LogP contribution in [0.4, 0.5) is 5.69 Å². The van der Waals surface area contributed by atoms with E-state index in [4.69, 9.17) is 17.3 Å². The molecule has 0 saturated carbocycles. The first kappa shape index (κ1) is 12.0. The zero-order valence-corrected chi connectivity index (χ0v) is 11.5. The Labute approximate surface area is 115 Å². The zero-order valence-electron chi connectivity index (χ0n) is 10.7. The highest BCUT2D eigenvalue weighted by Gasteiger charge is 2.13. The Bertz CT molecular complexity index is 756. The van der Waals surface area contributed by atoms with Crippen LogP contribution in [0.15, 0.2) is 18.2 Å². The highest BCUT2D eigenvalue weighted by Crippen LogP contribution is 2.27. The molecule has 0 amide bonds. The van der Waals surface area contributed by atoms with Crippen LogP contribution in [0.2, 0.25) is 5.02 Å². The highest BCUT2D eigenvalue weighted by atomic mass is 35.5. The lowest BCUT2D eigenvalue weighted by atomic mass is 10.3. The minimum absolute atomic E-state index is 0.573. The van der Waals surface area contributed by atoms with E-state index >= 15 is 0 Å². The topological polar surface area (TPSA) is 72.5 Å². The number of aryl methyl sites for hydroxylation is 2. The summed E-state index contributed by atoms with van der Waals surface area (Å²) >= 11 is 6.00. The second kappa shape index (κ2) is 4.28. The number of rotatable bonds is 2. The molecule has 3 rings (SSSR count). The summed E-state index contributed by atoms with van der Waals surface area (Å²) in [6.07, 6.45) is 0.